The van der Waals surface area contributed by atoms with Crippen molar-refractivity contribution >= 4 is 0 Å². The van der Waals surface area contributed by atoms with E-state index in [2.05, 4.69) is 13.5 Å². The van der Waals surface area contributed by atoms with Crippen molar-refractivity contribution in [2.75, 3.05) is 6.61 Å². The largest absolute Gasteiger partial charge is 0.494 e. The van der Waals surface area contributed by atoms with Crippen LogP contribution >= 0.6 is 0 Å². The van der Waals surface area contributed by atoms with E-state index in [9.17, 15) is 0 Å². The molecule has 2 nitrogen and oxygen atoms in total. The maximum Gasteiger partial charge on any atom is 0.119 e. The third-order valence-electron chi connectivity index (χ3n) is 2.47. The lowest BCUT2D eigenvalue weighted by atomic mass is 10.0. The van der Waals surface area contributed by atoms with Crippen molar-refractivity contribution in [3.8, 4) is 5.75 Å². The minimum atomic E-state index is 0.0206. The summed E-state index contributed by atoms with van der Waals surface area (Å²) < 4.78 is 5.63. The molecule has 1 rings (SSSR count). The highest BCUT2D eigenvalue weighted by Gasteiger charge is 2.04. The van der Waals surface area contributed by atoms with Crippen LogP contribution in [0.4, 0.5) is 0 Å². The predicted octanol–water partition coefficient (Wildman–Crippen LogP) is 3.44. The Bertz CT molecular complexity index is 322. The van der Waals surface area contributed by atoms with Gasteiger partial charge in [-0.15, -0.1) is 6.58 Å². The third-order valence-corrected chi connectivity index (χ3v) is 2.47. The van der Waals surface area contributed by atoms with Crippen LogP contribution in [-0.4, -0.2) is 6.61 Å². The van der Waals surface area contributed by atoms with E-state index in [1.165, 1.54) is 0 Å². The second-order valence-electron chi connectivity index (χ2n) is 3.91. The highest BCUT2D eigenvalue weighted by Crippen LogP contribution is 2.20. The zero-order chi connectivity index (χ0) is 11.8. The van der Waals surface area contributed by atoms with Crippen LogP contribution in [0.2, 0.25) is 0 Å². The van der Waals surface area contributed by atoms with Gasteiger partial charge in [-0.2, -0.15) is 0 Å². The monoisotopic (exact) mass is 219 g/mol. The molecular weight excluding hydrogens is 198 g/mol. The van der Waals surface area contributed by atoms with Gasteiger partial charge in [0.2, 0.25) is 0 Å². The van der Waals surface area contributed by atoms with Crippen LogP contribution in [0.1, 0.15) is 37.8 Å². The molecule has 0 radical (unpaired) electrons. The molecule has 2 heteroatoms. The lowest BCUT2D eigenvalue weighted by Gasteiger charge is -2.11. The number of benzene rings is 1. The van der Waals surface area contributed by atoms with E-state index >= 15 is 0 Å². The molecule has 0 heterocycles. The first kappa shape index (κ1) is 12.8. The van der Waals surface area contributed by atoms with Crippen LogP contribution in [0.25, 0.3) is 0 Å². The Morgan fingerprint density at radius 3 is 3.00 bits per heavy atom. The van der Waals surface area contributed by atoms with Gasteiger partial charge in [0.1, 0.15) is 5.75 Å². The fourth-order valence-electron chi connectivity index (χ4n) is 1.48. The molecule has 16 heavy (non-hydrogen) atoms. The van der Waals surface area contributed by atoms with Gasteiger partial charge >= 0.3 is 0 Å². The van der Waals surface area contributed by atoms with Crippen molar-refractivity contribution in [2.45, 2.75) is 32.2 Å². The van der Waals surface area contributed by atoms with Crippen LogP contribution in [0.3, 0.4) is 0 Å². The summed E-state index contributed by atoms with van der Waals surface area (Å²) in [4.78, 5) is 0. The van der Waals surface area contributed by atoms with Crippen molar-refractivity contribution in [1.82, 2.24) is 0 Å². The summed E-state index contributed by atoms with van der Waals surface area (Å²) in [5.74, 6) is 0.908. The van der Waals surface area contributed by atoms with E-state index in [0.29, 0.717) is 0 Å². The molecule has 2 N–H and O–H groups in total. The number of unbranched alkanes of at least 4 members (excludes halogenated alkanes) is 1. The van der Waals surface area contributed by atoms with E-state index < -0.39 is 0 Å². The Labute approximate surface area is 98.1 Å². The quantitative estimate of drug-likeness (QED) is 0.563. The Morgan fingerprint density at radius 2 is 2.31 bits per heavy atom. The topological polar surface area (TPSA) is 35.2 Å². The lowest BCUT2D eigenvalue weighted by Crippen LogP contribution is -2.09. The summed E-state index contributed by atoms with van der Waals surface area (Å²) in [5, 5.41) is 0. The van der Waals surface area contributed by atoms with E-state index in [-0.39, 0.29) is 6.04 Å². The molecule has 0 amide bonds. The molecular formula is C14H21NO. The van der Waals surface area contributed by atoms with Gasteiger partial charge < -0.3 is 10.5 Å². The van der Waals surface area contributed by atoms with Crippen molar-refractivity contribution in [1.29, 1.82) is 0 Å². The zero-order valence-electron chi connectivity index (χ0n) is 9.99. The van der Waals surface area contributed by atoms with Crippen LogP contribution in [-0.2, 0) is 0 Å². The van der Waals surface area contributed by atoms with Crippen molar-refractivity contribution in [2.24, 2.45) is 5.73 Å². The molecule has 0 aliphatic rings. The summed E-state index contributed by atoms with van der Waals surface area (Å²) >= 11 is 0. The van der Waals surface area contributed by atoms with Gasteiger partial charge in [0.05, 0.1) is 6.61 Å². The zero-order valence-corrected chi connectivity index (χ0v) is 9.99. The molecule has 0 saturated heterocycles. The summed E-state index contributed by atoms with van der Waals surface area (Å²) in [6, 6.07) is 8.02. The third kappa shape index (κ3) is 4.07. The highest BCUT2D eigenvalue weighted by molar-refractivity contribution is 5.30. The molecule has 0 aliphatic heterocycles. The Hall–Kier alpha value is -1.28. The van der Waals surface area contributed by atoms with Crippen LogP contribution in [0, 0.1) is 0 Å². The lowest BCUT2D eigenvalue weighted by molar-refractivity contribution is 0.309. The normalized spacial score (nSPS) is 12.1. The molecule has 0 bridgehead atoms. The maximum atomic E-state index is 6.00. The molecule has 1 unspecified atom stereocenters. The molecule has 0 aromatic heterocycles. The SMILES string of the molecule is C=CCC(N)c1cccc(OCCCC)c1. The fourth-order valence-corrected chi connectivity index (χ4v) is 1.48. The Kier molecular flexibility index (Phi) is 5.65. The number of rotatable bonds is 7. The number of hydrogen-bond acceptors (Lipinski definition) is 2. The van der Waals surface area contributed by atoms with Crippen LogP contribution in [0.15, 0.2) is 36.9 Å². The minimum Gasteiger partial charge on any atom is -0.494 e. The number of hydrogen-bond donors (Lipinski definition) is 1. The van der Waals surface area contributed by atoms with Crippen LogP contribution < -0.4 is 10.5 Å². The standard InChI is InChI=1S/C14H21NO/c1-3-5-10-16-13-9-6-8-12(11-13)14(15)7-4-2/h4,6,8-9,11,14H,2-3,5,7,10,15H2,1H3. The van der Waals surface area contributed by atoms with Gasteiger partial charge in [0.15, 0.2) is 0 Å². The summed E-state index contributed by atoms with van der Waals surface area (Å²) in [6.07, 6.45) is 4.87. The first-order valence-electron chi connectivity index (χ1n) is 5.87. The summed E-state index contributed by atoms with van der Waals surface area (Å²) in [7, 11) is 0. The molecule has 0 saturated carbocycles. The van der Waals surface area contributed by atoms with E-state index in [1.807, 2.05) is 30.3 Å². The van der Waals surface area contributed by atoms with E-state index in [4.69, 9.17) is 10.5 Å². The van der Waals surface area contributed by atoms with Crippen molar-refractivity contribution < 1.29 is 4.74 Å². The second kappa shape index (κ2) is 7.07. The molecule has 1 atom stereocenters. The van der Waals surface area contributed by atoms with Crippen molar-refractivity contribution in [3.05, 3.63) is 42.5 Å². The first-order valence-corrected chi connectivity index (χ1v) is 5.87. The van der Waals surface area contributed by atoms with E-state index in [1.54, 1.807) is 0 Å². The maximum absolute atomic E-state index is 6.00. The molecule has 1 aromatic rings. The highest BCUT2D eigenvalue weighted by atomic mass is 16.5. The fraction of sp³-hybridized carbons (Fsp3) is 0.429. The minimum absolute atomic E-state index is 0.0206. The molecule has 88 valence electrons. The summed E-state index contributed by atoms with van der Waals surface area (Å²) in [6.45, 7) is 6.63. The summed E-state index contributed by atoms with van der Waals surface area (Å²) in [5.41, 5.74) is 7.11. The van der Waals surface area contributed by atoms with Gasteiger partial charge in [0, 0.05) is 6.04 Å². The van der Waals surface area contributed by atoms with Gasteiger partial charge in [-0.1, -0.05) is 31.6 Å². The molecule has 0 aliphatic carbocycles. The Balaban J connectivity index is 2.59. The van der Waals surface area contributed by atoms with Gasteiger partial charge in [-0.25, -0.2) is 0 Å². The molecule has 0 fully saturated rings. The number of ether oxygens (including phenoxy) is 1. The Morgan fingerprint density at radius 1 is 1.50 bits per heavy atom. The van der Waals surface area contributed by atoms with Gasteiger partial charge in [-0.05, 0) is 30.5 Å². The second-order valence-corrected chi connectivity index (χ2v) is 3.91. The molecule has 0 spiro atoms. The number of nitrogens with two attached hydrogens (primary N) is 1. The first-order chi connectivity index (χ1) is 7.77. The van der Waals surface area contributed by atoms with E-state index in [0.717, 1.165) is 37.2 Å². The average Bonchev–Trinajstić information content (AvgIpc) is 2.30. The smallest absolute Gasteiger partial charge is 0.119 e. The average molecular weight is 219 g/mol. The van der Waals surface area contributed by atoms with Gasteiger partial charge in [0.25, 0.3) is 0 Å². The molecule has 1 aromatic carbocycles. The van der Waals surface area contributed by atoms with Gasteiger partial charge in [-0.3, -0.25) is 0 Å². The van der Waals surface area contributed by atoms with Crippen molar-refractivity contribution in [3.63, 3.8) is 0 Å². The van der Waals surface area contributed by atoms with Crippen LogP contribution in [0.5, 0.6) is 5.75 Å². The predicted molar refractivity (Wildman–Crippen MR) is 68.6 cm³/mol.